The maximum Gasteiger partial charge on any atom is 0.244 e. The molecule has 8 heteroatoms. The van der Waals surface area contributed by atoms with E-state index < -0.39 is 22.0 Å². The number of anilines is 1. The number of benzene rings is 2. The molecule has 1 atom stereocenters. The van der Waals surface area contributed by atoms with Crippen LogP contribution in [0.5, 0.6) is 0 Å². The summed E-state index contributed by atoms with van der Waals surface area (Å²) in [7, 11) is -3.73. The molecule has 0 bridgehead atoms. The predicted octanol–water partition coefficient (Wildman–Crippen LogP) is 3.27. The lowest BCUT2D eigenvalue weighted by Crippen LogP contribution is -2.51. The van der Waals surface area contributed by atoms with Crippen LogP contribution in [0, 0.1) is 6.92 Å². The van der Waals surface area contributed by atoms with Gasteiger partial charge >= 0.3 is 0 Å². The highest BCUT2D eigenvalue weighted by atomic mass is 32.2. The number of sulfonamides is 1. The van der Waals surface area contributed by atoms with Crippen molar-refractivity contribution in [1.29, 1.82) is 0 Å². The molecule has 0 radical (unpaired) electrons. The van der Waals surface area contributed by atoms with E-state index in [4.69, 9.17) is 0 Å². The summed E-state index contributed by atoms with van der Waals surface area (Å²) in [6.45, 7) is 7.85. The number of para-hydroxylation sites is 1. The Morgan fingerprint density at radius 3 is 2.36 bits per heavy atom. The lowest BCUT2D eigenvalue weighted by atomic mass is 10.1. The summed E-state index contributed by atoms with van der Waals surface area (Å²) in [4.78, 5) is 27.7. The molecule has 0 heterocycles. The fraction of sp³-hybridized carbons (Fsp3) is 0.440. The van der Waals surface area contributed by atoms with Crippen LogP contribution in [0.4, 0.5) is 5.69 Å². The molecule has 1 N–H and O–H groups in total. The lowest BCUT2D eigenvalue weighted by molar-refractivity contribution is -0.139. The zero-order valence-corrected chi connectivity index (χ0v) is 21.0. The molecule has 0 aliphatic carbocycles. The highest BCUT2D eigenvalue weighted by molar-refractivity contribution is 7.92. The summed E-state index contributed by atoms with van der Waals surface area (Å²) in [6, 6.07) is 14.1. The molecule has 33 heavy (non-hydrogen) atoms. The Balaban J connectivity index is 2.41. The summed E-state index contributed by atoms with van der Waals surface area (Å²) >= 11 is 0. The molecular weight excluding hydrogens is 438 g/mol. The molecular formula is C25H35N3O4S. The van der Waals surface area contributed by atoms with Crippen molar-refractivity contribution in [3.05, 3.63) is 65.2 Å². The van der Waals surface area contributed by atoms with Crippen molar-refractivity contribution in [3.63, 3.8) is 0 Å². The van der Waals surface area contributed by atoms with Crippen LogP contribution >= 0.6 is 0 Å². The second-order valence-electron chi connectivity index (χ2n) is 8.23. The van der Waals surface area contributed by atoms with Crippen molar-refractivity contribution in [2.45, 2.75) is 53.1 Å². The zero-order valence-electron chi connectivity index (χ0n) is 20.2. The first kappa shape index (κ1) is 26.4. The zero-order chi connectivity index (χ0) is 24.6. The van der Waals surface area contributed by atoms with Gasteiger partial charge in [0.25, 0.3) is 0 Å². The van der Waals surface area contributed by atoms with Crippen molar-refractivity contribution < 1.29 is 18.0 Å². The number of nitrogens with one attached hydrogen (secondary N) is 1. The summed E-state index contributed by atoms with van der Waals surface area (Å²) in [5.41, 5.74) is 3.22. The van der Waals surface area contributed by atoms with Gasteiger partial charge in [-0.05, 0) is 43.9 Å². The molecule has 0 spiro atoms. The SMILES string of the molecule is CCCNC(=O)C(C)N(Cc1cccc(C)c1)C(=O)CN(c1ccccc1CC)S(C)(=O)=O. The maximum absolute atomic E-state index is 13.5. The molecule has 180 valence electrons. The van der Waals surface area contributed by atoms with Gasteiger partial charge in [-0.3, -0.25) is 13.9 Å². The van der Waals surface area contributed by atoms with E-state index in [2.05, 4.69) is 5.32 Å². The monoisotopic (exact) mass is 473 g/mol. The minimum Gasteiger partial charge on any atom is -0.354 e. The van der Waals surface area contributed by atoms with Gasteiger partial charge < -0.3 is 10.2 Å². The van der Waals surface area contributed by atoms with Gasteiger partial charge in [0.1, 0.15) is 12.6 Å². The van der Waals surface area contributed by atoms with E-state index in [0.717, 1.165) is 33.7 Å². The number of nitrogens with zero attached hydrogens (tertiary/aromatic N) is 2. The van der Waals surface area contributed by atoms with Gasteiger partial charge in [0.15, 0.2) is 0 Å². The van der Waals surface area contributed by atoms with Crippen LogP contribution in [-0.2, 0) is 32.6 Å². The van der Waals surface area contributed by atoms with Gasteiger partial charge in [-0.2, -0.15) is 0 Å². The minimum absolute atomic E-state index is 0.203. The number of aryl methyl sites for hydroxylation is 2. The quantitative estimate of drug-likeness (QED) is 0.543. The second kappa shape index (κ2) is 11.8. The first-order valence-electron chi connectivity index (χ1n) is 11.3. The van der Waals surface area contributed by atoms with Crippen LogP contribution in [0.1, 0.15) is 43.9 Å². The normalized spacial score (nSPS) is 12.2. The van der Waals surface area contributed by atoms with E-state index in [-0.39, 0.29) is 19.0 Å². The number of rotatable bonds is 11. The molecule has 0 aliphatic rings. The van der Waals surface area contributed by atoms with Crippen LogP contribution in [0.2, 0.25) is 0 Å². The number of hydrogen-bond donors (Lipinski definition) is 1. The highest BCUT2D eigenvalue weighted by Gasteiger charge is 2.30. The molecule has 7 nitrogen and oxygen atoms in total. The molecule has 2 aromatic carbocycles. The molecule has 2 rings (SSSR count). The van der Waals surface area contributed by atoms with Crippen molar-refractivity contribution in [2.75, 3.05) is 23.7 Å². The number of hydrogen-bond acceptors (Lipinski definition) is 4. The van der Waals surface area contributed by atoms with Crippen molar-refractivity contribution in [3.8, 4) is 0 Å². The van der Waals surface area contributed by atoms with Crippen molar-refractivity contribution in [2.24, 2.45) is 0 Å². The van der Waals surface area contributed by atoms with Gasteiger partial charge in [-0.25, -0.2) is 8.42 Å². The van der Waals surface area contributed by atoms with Crippen LogP contribution < -0.4 is 9.62 Å². The van der Waals surface area contributed by atoms with E-state index >= 15 is 0 Å². The predicted molar refractivity (Wildman–Crippen MR) is 133 cm³/mol. The highest BCUT2D eigenvalue weighted by Crippen LogP contribution is 2.24. The van der Waals surface area contributed by atoms with Gasteiger partial charge in [0, 0.05) is 13.1 Å². The molecule has 0 fully saturated rings. The summed E-state index contributed by atoms with van der Waals surface area (Å²) in [5.74, 6) is -0.704. The Kier molecular flexibility index (Phi) is 9.46. The van der Waals surface area contributed by atoms with Crippen LogP contribution in [0.15, 0.2) is 48.5 Å². The Morgan fingerprint density at radius 2 is 1.76 bits per heavy atom. The van der Waals surface area contributed by atoms with Gasteiger partial charge in [-0.15, -0.1) is 0 Å². The number of amides is 2. The van der Waals surface area contributed by atoms with Crippen LogP contribution in [-0.4, -0.2) is 50.5 Å². The largest absolute Gasteiger partial charge is 0.354 e. The molecule has 0 saturated heterocycles. The van der Waals surface area contributed by atoms with E-state index in [1.165, 1.54) is 4.90 Å². The second-order valence-corrected chi connectivity index (χ2v) is 10.1. The summed E-state index contributed by atoms with van der Waals surface area (Å²) < 4.78 is 26.5. The van der Waals surface area contributed by atoms with Crippen LogP contribution in [0.25, 0.3) is 0 Å². The van der Waals surface area contributed by atoms with Crippen LogP contribution in [0.3, 0.4) is 0 Å². The van der Waals surface area contributed by atoms with Crippen molar-refractivity contribution in [1.82, 2.24) is 10.2 Å². The minimum atomic E-state index is -3.73. The summed E-state index contributed by atoms with van der Waals surface area (Å²) in [5, 5.41) is 2.83. The van der Waals surface area contributed by atoms with Crippen molar-refractivity contribution >= 4 is 27.5 Å². The lowest BCUT2D eigenvalue weighted by Gasteiger charge is -2.32. The first-order chi connectivity index (χ1) is 15.6. The molecule has 0 aromatic heterocycles. The Bertz CT molecular complexity index is 1070. The Morgan fingerprint density at radius 1 is 1.06 bits per heavy atom. The third-order valence-electron chi connectivity index (χ3n) is 5.47. The molecule has 2 amide bonds. The third kappa shape index (κ3) is 7.32. The number of carbonyl (C=O) groups excluding carboxylic acids is 2. The average molecular weight is 474 g/mol. The van der Waals surface area contributed by atoms with Gasteiger partial charge in [-0.1, -0.05) is 61.9 Å². The maximum atomic E-state index is 13.5. The Hall–Kier alpha value is -2.87. The standard InChI is InChI=1S/C25H35N3O4S/c1-6-15-26-25(30)20(4)27(17-21-12-10-11-19(3)16-21)24(29)18-28(33(5,31)32)23-14-9-8-13-22(23)7-2/h8-14,16,20H,6-7,15,17-18H2,1-5H3,(H,26,30). The topological polar surface area (TPSA) is 86.8 Å². The Labute approximate surface area is 197 Å². The fourth-order valence-electron chi connectivity index (χ4n) is 3.63. The molecule has 0 aliphatic heterocycles. The van der Waals surface area contributed by atoms with E-state index in [9.17, 15) is 18.0 Å². The van der Waals surface area contributed by atoms with Gasteiger partial charge in [0.05, 0.1) is 11.9 Å². The molecule has 0 saturated carbocycles. The van der Waals surface area contributed by atoms with E-state index in [1.54, 1.807) is 19.1 Å². The van der Waals surface area contributed by atoms with E-state index in [0.29, 0.717) is 18.7 Å². The third-order valence-corrected chi connectivity index (χ3v) is 6.60. The van der Waals surface area contributed by atoms with Gasteiger partial charge in [0.2, 0.25) is 21.8 Å². The van der Waals surface area contributed by atoms with E-state index in [1.807, 2.05) is 57.2 Å². The average Bonchev–Trinajstić information content (AvgIpc) is 2.78. The number of carbonyl (C=O) groups is 2. The first-order valence-corrected chi connectivity index (χ1v) is 13.1. The smallest absolute Gasteiger partial charge is 0.244 e. The summed E-state index contributed by atoms with van der Waals surface area (Å²) in [6.07, 6.45) is 2.49. The fourth-order valence-corrected chi connectivity index (χ4v) is 4.51. The molecule has 1 unspecified atom stereocenters. The molecule has 2 aromatic rings.